The third-order valence-electron chi connectivity index (χ3n) is 2.99. The van der Waals surface area contributed by atoms with E-state index in [1.807, 2.05) is 6.07 Å². The van der Waals surface area contributed by atoms with Gasteiger partial charge in [0.2, 0.25) is 5.89 Å². The molecule has 0 aliphatic carbocycles. The third kappa shape index (κ3) is 2.34. The van der Waals surface area contributed by atoms with E-state index in [0.29, 0.717) is 11.3 Å². The lowest BCUT2D eigenvalue weighted by atomic mass is 10.2. The van der Waals surface area contributed by atoms with Crippen molar-refractivity contribution >= 4 is 0 Å². The molecule has 104 valence electrons. The summed E-state index contributed by atoms with van der Waals surface area (Å²) in [6.07, 6.45) is 3.10. The highest BCUT2D eigenvalue weighted by molar-refractivity contribution is 5.42. The maximum Gasteiger partial charge on any atom is 0.283 e. The number of hydrogen-bond donors (Lipinski definition) is 0. The predicted molar refractivity (Wildman–Crippen MR) is 71.3 cm³/mol. The normalized spacial score (nSPS) is 10.5. The number of pyridine rings is 1. The van der Waals surface area contributed by atoms with Crippen LogP contribution in [0.5, 0.6) is 0 Å². The Kier molecular flexibility index (Phi) is 3.12. The monoisotopic (exact) mass is 282 g/mol. The third-order valence-corrected chi connectivity index (χ3v) is 2.99. The van der Waals surface area contributed by atoms with E-state index in [-0.39, 0.29) is 29.4 Å². The summed E-state index contributed by atoms with van der Waals surface area (Å²) < 4.78 is 11.9. The number of rotatable bonds is 3. The topological polar surface area (TPSA) is 97.8 Å². The first-order valence-corrected chi connectivity index (χ1v) is 6.15. The number of aromatic nitrogens is 3. The summed E-state index contributed by atoms with van der Waals surface area (Å²) in [6, 6.07) is 7.01. The van der Waals surface area contributed by atoms with Crippen molar-refractivity contribution < 1.29 is 8.83 Å². The van der Waals surface area contributed by atoms with Gasteiger partial charge in [-0.05, 0) is 30.7 Å². The van der Waals surface area contributed by atoms with Crippen LogP contribution in [0.3, 0.4) is 0 Å². The second-order valence-corrected chi connectivity index (χ2v) is 4.40. The Balaban J connectivity index is 1.92. The Morgan fingerprint density at radius 2 is 2.24 bits per heavy atom. The van der Waals surface area contributed by atoms with Gasteiger partial charge in [-0.2, -0.15) is 5.26 Å². The van der Waals surface area contributed by atoms with Gasteiger partial charge in [-0.3, -0.25) is 4.79 Å². The highest BCUT2D eigenvalue weighted by atomic mass is 16.4. The van der Waals surface area contributed by atoms with Crippen LogP contribution in [-0.2, 0) is 6.54 Å². The summed E-state index contributed by atoms with van der Waals surface area (Å²) in [5.41, 5.74) is 0.374. The fraction of sp³-hybridized carbons (Fsp3) is 0.143. The first-order valence-electron chi connectivity index (χ1n) is 6.15. The van der Waals surface area contributed by atoms with Crippen LogP contribution in [0, 0.1) is 18.3 Å². The lowest BCUT2D eigenvalue weighted by Gasteiger charge is -2.03. The first kappa shape index (κ1) is 12.9. The summed E-state index contributed by atoms with van der Waals surface area (Å²) in [6.45, 7) is 1.81. The molecule has 0 spiro atoms. The van der Waals surface area contributed by atoms with Gasteiger partial charge in [0.1, 0.15) is 18.2 Å². The van der Waals surface area contributed by atoms with Crippen LogP contribution in [0.2, 0.25) is 0 Å². The SMILES string of the molecule is Cc1ccn(Cc2nnc(-c3ccco3)o2)c(=O)c1C#N. The molecule has 0 saturated heterocycles. The molecule has 0 N–H and O–H groups in total. The molecule has 0 saturated carbocycles. The number of nitriles is 1. The van der Waals surface area contributed by atoms with Crippen LogP contribution < -0.4 is 5.56 Å². The molecule has 0 radical (unpaired) electrons. The van der Waals surface area contributed by atoms with E-state index in [1.165, 1.54) is 10.8 Å². The fourth-order valence-electron chi connectivity index (χ4n) is 1.89. The molecule has 0 amide bonds. The van der Waals surface area contributed by atoms with Gasteiger partial charge in [0.05, 0.1) is 6.26 Å². The Hall–Kier alpha value is -3.14. The van der Waals surface area contributed by atoms with Crippen LogP contribution in [0.25, 0.3) is 11.7 Å². The van der Waals surface area contributed by atoms with Gasteiger partial charge in [0.15, 0.2) is 5.76 Å². The molecule has 3 heterocycles. The number of furan rings is 1. The molecule has 0 bridgehead atoms. The zero-order chi connectivity index (χ0) is 14.8. The Morgan fingerprint density at radius 3 is 2.95 bits per heavy atom. The van der Waals surface area contributed by atoms with Gasteiger partial charge in [-0.25, -0.2) is 0 Å². The predicted octanol–water partition coefficient (Wildman–Crippen LogP) is 1.72. The molecular formula is C14H10N4O3. The van der Waals surface area contributed by atoms with E-state index in [4.69, 9.17) is 14.1 Å². The van der Waals surface area contributed by atoms with Crippen LogP contribution in [0.4, 0.5) is 0 Å². The highest BCUT2D eigenvalue weighted by Crippen LogP contribution is 2.18. The molecule has 0 aliphatic rings. The van der Waals surface area contributed by atoms with Gasteiger partial charge in [-0.1, -0.05) is 0 Å². The van der Waals surface area contributed by atoms with Gasteiger partial charge in [0.25, 0.3) is 11.4 Å². The van der Waals surface area contributed by atoms with Gasteiger partial charge in [-0.15, -0.1) is 10.2 Å². The van der Waals surface area contributed by atoms with Crippen LogP contribution >= 0.6 is 0 Å². The second-order valence-electron chi connectivity index (χ2n) is 4.40. The Bertz CT molecular complexity index is 869. The standard InChI is InChI=1S/C14H10N4O3/c1-9-4-5-18(14(19)10(9)7-15)8-12-16-17-13(21-12)11-3-2-6-20-11/h2-6H,8H2,1H3. The summed E-state index contributed by atoms with van der Waals surface area (Å²) >= 11 is 0. The molecule has 0 aliphatic heterocycles. The molecule has 7 heteroatoms. The van der Waals surface area contributed by atoms with Gasteiger partial charge >= 0.3 is 0 Å². The Labute approximate surface area is 119 Å². The molecule has 21 heavy (non-hydrogen) atoms. The average Bonchev–Trinajstić information content (AvgIpc) is 3.13. The van der Waals surface area contributed by atoms with E-state index in [0.717, 1.165) is 0 Å². The van der Waals surface area contributed by atoms with Crippen LogP contribution in [0.1, 0.15) is 17.0 Å². The van der Waals surface area contributed by atoms with E-state index in [1.54, 1.807) is 31.3 Å². The van der Waals surface area contributed by atoms with Crippen molar-refractivity contribution in [2.45, 2.75) is 13.5 Å². The smallest absolute Gasteiger partial charge is 0.283 e. The molecule has 0 atom stereocenters. The van der Waals surface area contributed by atoms with E-state index in [2.05, 4.69) is 10.2 Å². The summed E-state index contributed by atoms with van der Waals surface area (Å²) in [7, 11) is 0. The first-order chi connectivity index (χ1) is 10.2. The van der Waals surface area contributed by atoms with Crippen LogP contribution in [0.15, 0.2) is 44.3 Å². The van der Waals surface area contributed by atoms with Gasteiger partial charge < -0.3 is 13.4 Å². The molecule has 3 rings (SSSR count). The van der Waals surface area contributed by atoms with E-state index >= 15 is 0 Å². The quantitative estimate of drug-likeness (QED) is 0.725. The van der Waals surface area contributed by atoms with Crippen molar-refractivity contribution in [1.29, 1.82) is 5.26 Å². The average molecular weight is 282 g/mol. The molecule has 3 aromatic heterocycles. The number of hydrogen-bond acceptors (Lipinski definition) is 6. The minimum absolute atomic E-state index is 0.0987. The van der Waals surface area contributed by atoms with Crippen molar-refractivity contribution in [3.8, 4) is 17.7 Å². The van der Waals surface area contributed by atoms with Crippen molar-refractivity contribution in [1.82, 2.24) is 14.8 Å². The second kappa shape index (κ2) is 5.09. The van der Waals surface area contributed by atoms with Crippen molar-refractivity contribution in [2.75, 3.05) is 0 Å². The van der Waals surface area contributed by atoms with Crippen molar-refractivity contribution in [2.24, 2.45) is 0 Å². The lowest BCUT2D eigenvalue weighted by Crippen LogP contribution is -2.23. The Morgan fingerprint density at radius 1 is 1.38 bits per heavy atom. The zero-order valence-corrected chi connectivity index (χ0v) is 11.1. The molecule has 0 unspecified atom stereocenters. The highest BCUT2D eigenvalue weighted by Gasteiger charge is 2.13. The number of aryl methyl sites for hydroxylation is 1. The molecular weight excluding hydrogens is 272 g/mol. The molecule has 3 aromatic rings. The largest absolute Gasteiger partial charge is 0.459 e. The van der Waals surface area contributed by atoms with E-state index < -0.39 is 0 Å². The minimum atomic E-state index is -0.379. The maximum absolute atomic E-state index is 12.1. The number of nitrogens with zero attached hydrogens (tertiary/aromatic N) is 4. The van der Waals surface area contributed by atoms with E-state index in [9.17, 15) is 4.79 Å². The molecule has 7 nitrogen and oxygen atoms in total. The molecule has 0 aromatic carbocycles. The van der Waals surface area contributed by atoms with Crippen molar-refractivity contribution in [3.05, 3.63) is 58.0 Å². The lowest BCUT2D eigenvalue weighted by molar-refractivity contribution is 0.465. The maximum atomic E-state index is 12.1. The molecule has 0 fully saturated rings. The van der Waals surface area contributed by atoms with Gasteiger partial charge in [0, 0.05) is 6.20 Å². The minimum Gasteiger partial charge on any atom is -0.459 e. The fourth-order valence-corrected chi connectivity index (χ4v) is 1.89. The van der Waals surface area contributed by atoms with Crippen LogP contribution in [-0.4, -0.2) is 14.8 Å². The van der Waals surface area contributed by atoms with Crippen molar-refractivity contribution in [3.63, 3.8) is 0 Å². The summed E-state index contributed by atoms with van der Waals surface area (Å²) in [5.74, 6) is 0.967. The summed E-state index contributed by atoms with van der Waals surface area (Å²) in [5, 5.41) is 16.7. The summed E-state index contributed by atoms with van der Waals surface area (Å²) in [4.78, 5) is 12.1. The zero-order valence-electron chi connectivity index (χ0n) is 11.1.